The van der Waals surface area contributed by atoms with E-state index >= 15 is 0 Å². The van der Waals surface area contributed by atoms with Crippen LogP contribution in [0.3, 0.4) is 0 Å². The molecule has 0 radical (unpaired) electrons. The summed E-state index contributed by atoms with van der Waals surface area (Å²) in [7, 11) is -3.60. The highest BCUT2D eigenvalue weighted by atomic mass is 32.2. The van der Waals surface area contributed by atoms with Gasteiger partial charge in [0.2, 0.25) is 0 Å². The highest BCUT2D eigenvalue weighted by Crippen LogP contribution is 2.33. The summed E-state index contributed by atoms with van der Waals surface area (Å²) in [6.45, 7) is 1.54. The molecule has 3 aromatic carbocycles. The van der Waals surface area contributed by atoms with Gasteiger partial charge in [-0.2, -0.15) is 5.10 Å². The van der Waals surface area contributed by atoms with Crippen LogP contribution in [0.5, 0.6) is 11.5 Å². The molecular formula is C30H27F2N3O5S. The minimum absolute atomic E-state index is 0.0222. The first-order chi connectivity index (χ1) is 19.6. The molecule has 0 saturated carbocycles. The first kappa shape index (κ1) is 28.2. The lowest BCUT2D eigenvalue weighted by atomic mass is 10.0. The number of aliphatic hydroxyl groups is 1. The molecule has 8 nitrogen and oxygen atoms in total. The number of carbonyl (C=O) groups excluding carboxylic acids is 1. The Morgan fingerprint density at radius 3 is 2.63 bits per heavy atom. The molecular weight excluding hydrogens is 552 g/mol. The number of benzene rings is 3. The number of Topliss-reactive ketones (excluding diaryl/α,β-unsaturated/α-hetero) is 1. The Kier molecular flexibility index (Phi) is 7.74. The summed E-state index contributed by atoms with van der Waals surface area (Å²) in [5.41, 5.74) is 9.35. The summed E-state index contributed by atoms with van der Waals surface area (Å²) in [6, 6.07) is 13.8. The Balaban J connectivity index is 1.34. The van der Waals surface area contributed by atoms with Crippen LogP contribution in [0, 0.1) is 18.6 Å². The average Bonchev–Trinajstić information content (AvgIpc) is 3.51. The van der Waals surface area contributed by atoms with Gasteiger partial charge in [0.25, 0.3) is 0 Å². The van der Waals surface area contributed by atoms with Gasteiger partial charge < -0.3 is 15.6 Å². The van der Waals surface area contributed by atoms with Crippen LogP contribution in [0.4, 0.5) is 14.6 Å². The normalized spacial score (nSPS) is 12.7. The zero-order valence-corrected chi connectivity index (χ0v) is 22.9. The van der Waals surface area contributed by atoms with E-state index in [4.69, 9.17) is 15.6 Å². The minimum atomic E-state index is -3.60. The van der Waals surface area contributed by atoms with Crippen molar-refractivity contribution < 1.29 is 31.8 Å². The van der Waals surface area contributed by atoms with Crippen LogP contribution in [0.2, 0.25) is 0 Å². The van der Waals surface area contributed by atoms with E-state index in [2.05, 4.69) is 5.10 Å². The van der Waals surface area contributed by atoms with E-state index in [1.807, 2.05) is 0 Å². The number of hydrogen-bond donors (Lipinski definition) is 2. The summed E-state index contributed by atoms with van der Waals surface area (Å²) in [5.74, 6) is -1.65. The fourth-order valence-corrected chi connectivity index (χ4v) is 6.16. The maximum atomic E-state index is 14.7. The molecule has 1 aliphatic carbocycles. The number of para-hydroxylation sites is 1. The maximum absolute atomic E-state index is 14.7. The van der Waals surface area contributed by atoms with Gasteiger partial charge in [-0.3, -0.25) is 4.79 Å². The number of aromatic nitrogens is 2. The SMILES string of the molecule is Cc1cc(Oc2ccccc2F)ccc1-n1ncc(C(=O)C2=Cc3cc(F)c(CS(=O)(=O)CCCO)cc3C2)c1N. The molecule has 212 valence electrons. The summed E-state index contributed by atoms with van der Waals surface area (Å²) >= 11 is 0. The van der Waals surface area contributed by atoms with Gasteiger partial charge in [-0.15, -0.1) is 0 Å². The van der Waals surface area contributed by atoms with Crippen LogP contribution in [-0.4, -0.2) is 41.4 Å². The number of aryl methyl sites for hydroxylation is 1. The molecule has 0 amide bonds. The van der Waals surface area contributed by atoms with E-state index in [1.54, 1.807) is 43.3 Å². The van der Waals surface area contributed by atoms with Crippen LogP contribution in [-0.2, 0) is 22.0 Å². The monoisotopic (exact) mass is 579 g/mol. The molecule has 41 heavy (non-hydrogen) atoms. The van der Waals surface area contributed by atoms with E-state index in [1.165, 1.54) is 35.1 Å². The van der Waals surface area contributed by atoms with Crippen molar-refractivity contribution in [1.29, 1.82) is 0 Å². The van der Waals surface area contributed by atoms with Crippen molar-refractivity contribution in [2.75, 3.05) is 18.1 Å². The Hall–Kier alpha value is -4.35. The summed E-state index contributed by atoms with van der Waals surface area (Å²) in [5, 5.41) is 13.2. The molecule has 1 heterocycles. The molecule has 0 spiro atoms. The number of halogens is 2. The van der Waals surface area contributed by atoms with Crippen LogP contribution in [0.25, 0.3) is 11.8 Å². The summed E-state index contributed by atoms with van der Waals surface area (Å²) in [4.78, 5) is 13.4. The second-order valence-electron chi connectivity index (χ2n) is 9.82. The molecule has 1 aromatic heterocycles. The first-order valence-electron chi connectivity index (χ1n) is 12.8. The lowest BCUT2D eigenvalue weighted by Crippen LogP contribution is -2.12. The molecule has 5 rings (SSSR count). The molecule has 0 saturated heterocycles. The van der Waals surface area contributed by atoms with Crippen molar-refractivity contribution >= 4 is 27.5 Å². The minimum Gasteiger partial charge on any atom is -0.454 e. The third-order valence-electron chi connectivity index (χ3n) is 6.81. The Morgan fingerprint density at radius 2 is 1.90 bits per heavy atom. The lowest BCUT2D eigenvalue weighted by molar-refractivity contribution is 0.103. The van der Waals surface area contributed by atoms with Crippen molar-refractivity contribution in [2.45, 2.75) is 25.5 Å². The quantitative estimate of drug-likeness (QED) is 0.255. The second-order valence-corrected chi connectivity index (χ2v) is 12.0. The third-order valence-corrected chi connectivity index (χ3v) is 8.47. The molecule has 1 aliphatic rings. The van der Waals surface area contributed by atoms with Crippen LogP contribution < -0.4 is 10.5 Å². The van der Waals surface area contributed by atoms with Crippen LogP contribution >= 0.6 is 0 Å². The number of ether oxygens (including phenoxy) is 1. The van der Waals surface area contributed by atoms with E-state index in [9.17, 15) is 22.0 Å². The van der Waals surface area contributed by atoms with Gasteiger partial charge in [0.1, 0.15) is 17.4 Å². The van der Waals surface area contributed by atoms with E-state index in [-0.39, 0.29) is 53.7 Å². The van der Waals surface area contributed by atoms with E-state index in [0.29, 0.717) is 28.1 Å². The molecule has 0 aliphatic heterocycles. The van der Waals surface area contributed by atoms with Gasteiger partial charge in [-0.05, 0) is 72.5 Å². The predicted octanol–water partition coefficient (Wildman–Crippen LogP) is 4.95. The van der Waals surface area contributed by atoms with Crippen LogP contribution in [0.15, 0.2) is 66.4 Å². The molecule has 3 N–H and O–H groups in total. The molecule has 0 atom stereocenters. The fraction of sp³-hybridized carbons (Fsp3) is 0.200. The highest BCUT2D eigenvalue weighted by Gasteiger charge is 2.26. The number of nitrogens with two attached hydrogens (primary N) is 1. The van der Waals surface area contributed by atoms with Crippen molar-refractivity contribution in [2.24, 2.45) is 0 Å². The van der Waals surface area contributed by atoms with Gasteiger partial charge in [0.05, 0.1) is 29.0 Å². The second kappa shape index (κ2) is 11.3. The Bertz CT molecular complexity index is 1800. The first-order valence-corrected chi connectivity index (χ1v) is 14.6. The average molecular weight is 580 g/mol. The number of aliphatic hydroxyl groups excluding tert-OH is 1. The number of hydrogen-bond acceptors (Lipinski definition) is 7. The van der Waals surface area contributed by atoms with Crippen molar-refractivity contribution in [3.8, 4) is 17.2 Å². The zero-order valence-electron chi connectivity index (χ0n) is 22.1. The standard InChI is InChI=1S/C30H27F2N3O5S/c1-18-11-23(40-28-6-3-2-5-25(28)31)7-8-27(18)35-30(33)24(16-34-35)29(37)21-12-19-14-22(26(32)15-20(19)13-21)17-41(38,39)10-4-9-36/h2-3,5-8,11,13-16,36H,4,9-10,12,17,33H2,1H3. The predicted molar refractivity (Wildman–Crippen MR) is 151 cm³/mol. The number of nitrogens with zero attached hydrogens (tertiary/aromatic N) is 2. The number of sulfone groups is 1. The number of ketones is 1. The molecule has 0 unspecified atom stereocenters. The van der Waals surface area contributed by atoms with Gasteiger partial charge >= 0.3 is 0 Å². The molecule has 4 aromatic rings. The fourth-order valence-electron chi connectivity index (χ4n) is 4.75. The largest absolute Gasteiger partial charge is 0.454 e. The lowest BCUT2D eigenvalue weighted by Gasteiger charge is -2.12. The number of rotatable bonds is 10. The Labute approximate surface area is 235 Å². The topological polar surface area (TPSA) is 125 Å². The van der Waals surface area contributed by atoms with Crippen molar-refractivity contribution in [3.63, 3.8) is 0 Å². The van der Waals surface area contributed by atoms with E-state index in [0.717, 1.165) is 5.56 Å². The number of nitrogen functional groups attached to an aromatic ring is 1. The van der Waals surface area contributed by atoms with Gasteiger partial charge in [-0.25, -0.2) is 21.9 Å². The molecule has 0 fully saturated rings. The maximum Gasteiger partial charge on any atom is 0.194 e. The summed E-state index contributed by atoms with van der Waals surface area (Å²) < 4.78 is 60.3. The summed E-state index contributed by atoms with van der Waals surface area (Å²) in [6.07, 6.45) is 3.20. The molecule has 11 heteroatoms. The number of anilines is 1. The van der Waals surface area contributed by atoms with Crippen molar-refractivity contribution in [3.05, 3.63) is 106 Å². The number of allylic oxidation sites excluding steroid dienone is 1. The van der Waals surface area contributed by atoms with Gasteiger partial charge in [-0.1, -0.05) is 18.2 Å². The van der Waals surface area contributed by atoms with Gasteiger partial charge in [0, 0.05) is 24.2 Å². The smallest absolute Gasteiger partial charge is 0.194 e. The highest BCUT2D eigenvalue weighted by molar-refractivity contribution is 7.90. The molecule has 0 bridgehead atoms. The van der Waals surface area contributed by atoms with Crippen LogP contribution in [0.1, 0.15) is 39.0 Å². The number of carbonyl (C=O) groups is 1. The Morgan fingerprint density at radius 1 is 1.12 bits per heavy atom. The zero-order chi connectivity index (χ0) is 29.3. The van der Waals surface area contributed by atoms with E-state index < -0.39 is 27.2 Å². The third kappa shape index (κ3) is 5.91. The number of fused-ring (bicyclic) bond motifs is 1. The van der Waals surface area contributed by atoms with Crippen molar-refractivity contribution in [1.82, 2.24) is 9.78 Å². The van der Waals surface area contributed by atoms with Gasteiger partial charge in [0.15, 0.2) is 27.2 Å².